The first-order valence-corrected chi connectivity index (χ1v) is 8.08. The molecule has 24 heavy (non-hydrogen) atoms. The smallest absolute Gasteiger partial charge is 0.319 e. The summed E-state index contributed by atoms with van der Waals surface area (Å²) >= 11 is 0. The van der Waals surface area contributed by atoms with Crippen LogP contribution >= 0.6 is 0 Å². The zero-order valence-corrected chi connectivity index (χ0v) is 13.9. The van der Waals surface area contributed by atoms with Gasteiger partial charge in [0.25, 0.3) is 5.56 Å². The predicted molar refractivity (Wildman–Crippen MR) is 91.7 cm³/mol. The average molecular weight is 330 g/mol. The number of carbonyl (C=O) groups is 1. The standard InChI is InChI=1S/C17H22N4O3/c1-12-15(19-17(23)18-11-14-9-6-10-24-14)16(22)21(20(12)2)13-7-4-3-5-8-13/h3-5,7-8,14H,6,9-11H2,1-2H3,(H2,18,19,23)/t14-/m1/s1. The van der Waals surface area contributed by atoms with Gasteiger partial charge in [0.15, 0.2) is 0 Å². The first-order chi connectivity index (χ1) is 11.6. The van der Waals surface area contributed by atoms with E-state index in [1.54, 1.807) is 18.7 Å². The number of rotatable bonds is 4. The molecule has 0 unspecified atom stereocenters. The second-order valence-corrected chi connectivity index (χ2v) is 5.91. The Labute approximate surface area is 140 Å². The fraction of sp³-hybridized carbons (Fsp3) is 0.412. The number of carbonyl (C=O) groups excluding carboxylic acids is 1. The van der Waals surface area contributed by atoms with Crippen molar-refractivity contribution in [1.82, 2.24) is 14.7 Å². The number of hydrogen-bond donors (Lipinski definition) is 2. The molecule has 2 amide bonds. The molecule has 2 heterocycles. The molecule has 1 fully saturated rings. The molecular weight excluding hydrogens is 308 g/mol. The molecule has 2 aromatic rings. The summed E-state index contributed by atoms with van der Waals surface area (Å²) in [6, 6.07) is 8.93. The highest BCUT2D eigenvalue weighted by Crippen LogP contribution is 2.14. The average Bonchev–Trinajstić information content (AvgIpc) is 3.17. The summed E-state index contributed by atoms with van der Waals surface area (Å²) < 4.78 is 8.73. The Hall–Kier alpha value is -2.54. The van der Waals surface area contributed by atoms with Gasteiger partial charge in [-0.3, -0.25) is 9.48 Å². The number of amides is 2. The van der Waals surface area contributed by atoms with E-state index < -0.39 is 6.03 Å². The van der Waals surface area contributed by atoms with E-state index in [1.807, 2.05) is 30.3 Å². The molecule has 0 bridgehead atoms. The lowest BCUT2D eigenvalue weighted by Crippen LogP contribution is -2.36. The van der Waals surface area contributed by atoms with Crippen molar-refractivity contribution in [3.05, 3.63) is 46.4 Å². The van der Waals surface area contributed by atoms with Crippen LogP contribution in [0.2, 0.25) is 0 Å². The van der Waals surface area contributed by atoms with Crippen molar-refractivity contribution in [2.24, 2.45) is 7.05 Å². The van der Waals surface area contributed by atoms with Gasteiger partial charge in [-0.2, -0.15) is 0 Å². The second-order valence-electron chi connectivity index (χ2n) is 5.91. The maximum Gasteiger partial charge on any atom is 0.319 e. The van der Waals surface area contributed by atoms with Crippen molar-refractivity contribution in [1.29, 1.82) is 0 Å². The number of nitrogens with zero attached hydrogens (tertiary/aromatic N) is 2. The molecule has 7 nitrogen and oxygen atoms in total. The SMILES string of the molecule is Cc1c(NC(=O)NC[C@H]2CCCO2)c(=O)n(-c2ccccc2)n1C. The maximum absolute atomic E-state index is 12.7. The lowest BCUT2D eigenvalue weighted by Gasteiger charge is -2.11. The third-order valence-electron chi connectivity index (χ3n) is 4.31. The molecule has 0 spiro atoms. The van der Waals surface area contributed by atoms with Crippen LogP contribution in [0.15, 0.2) is 35.1 Å². The normalized spacial score (nSPS) is 17.0. The zero-order chi connectivity index (χ0) is 17.1. The maximum atomic E-state index is 12.7. The quantitative estimate of drug-likeness (QED) is 0.897. The van der Waals surface area contributed by atoms with E-state index in [0.717, 1.165) is 25.1 Å². The lowest BCUT2D eigenvalue weighted by molar-refractivity contribution is 0.112. The van der Waals surface area contributed by atoms with Crippen LogP contribution in [0, 0.1) is 6.92 Å². The number of ether oxygens (including phenoxy) is 1. The van der Waals surface area contributed by atoms with Crippen LogP contribution in [0.5, 0.6) is 0 Å². The Bertz CT molecular complexity index is 773. The lowest BCUT2D eigenvalue weighted by atomic mass is 10.2. The minimum atomic E-state index is -0.392. The Morgan fingerprint density at radius 3 is 2.75 bits per heavy atom. The number of nitrogens with one attached hydrogen (secondary N) is 2. The summed E-state index contributed by atoms with van der Waals surface area (Å²) in [4.78, 5) is 24.8. The summed E-state index contributed by atoms with van der Waals surface area (Å²) in [5, 5.41) is 5.44. The first kappa shape index (κ1) is 16.3. The first-order valence-electron chi connectivity index (χ1n) is 8.08. The van der Waals surface area contributed by atoms with E-state index >= 15 is 0 Å². The summed E-state index contributed by atoms with van der Waals surface area (Å²) in [5.41, 5.74) is 1.47. The Morgan fingerprint density at radius 1 is 1.33 bits per heavy atom. The topological polar surface area (TPSA) is 77.3 Å². The Morgan fingerprint density at radius 2 is 2.08 bits per heavy atom. The zero-order valence-electron chi connectivity index (χ0n) is 13.9. The number of urea groups is 1. The fourth-order valence-corrected chi connectivity index (χ4v) is 2.88. The van der Waals surface area contributed by atoms with Crippen LogP contribution in [0.1, 0.15) is 18.5 Å². The van der Waals surface area contributed by atoms with Crippen LogP contribution in [0.25, 0.3) is 5.69 Å². The summed E-state index contributed by atoms with van der Waals surface area (Å²) in [6.07, 6.45) is 2.03. The van der Waals surface area contributed by atoms with Gasteiger partial charge in [0.1, 0.15) is 5.69 Å². The van der Waals surface area contributed by atoms with Crippen LogP contribution in [-0.4, -0.2) is 34.7 Å². The van der Waals surface area contributed by atoms with Crippen molar-refractivity contribution in [3.8, 4) is 5.69 Å². The summed E-state index contributed by atoms with van der Waals surface area (Å²) in [5.74, 6) is 0. The molecule has 1 aromatic carbocycles. The van der Waals surface area contributed by atoms with Crippen LogP contribution in [-0.2, 0) is 11.8 Å². The molecule has 2 N–H and O–H groups in total. The molecule has 7 heteroatoms. The molecule has 0 radical (unpaired) electrons. The Kier molecular flexibility index (Phi) is 4.71. The Balaban J connectivity index is 1.76. The number of benzene rings is 1. The van der Waals surface area contributed by atoms with Crippen molar-refractivity contribution < 1.29 is 9.53 Å². The van der Waals surface area contributed by atoms with Gasteiger partial charge < -0.3 is 15.4 Å². The molecule has 1 aliphatic rings. The van der Waals surface area contributed by atoms with Crippen molar-refractivity contribution in [2.75, 3.05) is 18.5 Å². The van der Waals surface area contributed by atoms with Crippen LogP contribution in [0.4, 0.5) is 10.5 Å². The van der Waals surface area contributed by atoms with E-state index in [-0.39, 0.29) is 17.4 Å². The van der Waals surface area contributed by atoms with Crippen molar-refractivity contribution in [2.45, 2.75) is 25.9 Å². The third kappa shape index (κ3) is 3.21. The summed E-state index contributed by atoms with van der Waals surface area (Å²) in [6.45, 7) is 2.99. The molecule has 1 saturated heterocycles. The van der Waals surface area contributed by atoms with Crippen molar-refractivity contribution >= 4 is 11.7 Å². The van der Waals surface area contributed by atoms with Gasteiger partial charge in [-0.1, -0.05) is 18.2 Å². The number of anilines is 1. The largest absolute Gasteiger partial charge is 0.376 e. The highest BCUT2D eigenvalue weighted by molar-refractivity contribution is 5.89. The van der Waals surface area contributed by atoms with Gasteiger partial charge in [0.05, 0.1) is 17.5 Å². The molecule has 1 atom stereocenters. The highest BCUT2D eigenvalue weighted by Gasteiger charge is 2.19. The van der Waals surface area contributed by atoms with Crippen LogP contribution in [0.3, 0.4) is 0 Å². The molecule has 1 aliphatic heterocycles. The molecule has 128 valence electrons. The molecule has 3 rings (SSSR count). The van der Waals surface area contributed by atoms with Gasteiger partial charge in [-0.05, 0) is 31.9 Å². The van der Waals surface area contributed by atoms with Crippen molar-refractivity contribution in [3.63, 3.8) is 0 Å². The van der Waals surface area contributed by atoms with E-state index in [9.17, 15) is 9.59 Å². The predicted octanol–water partition coefficient (Wildman–Crippen LogP) is 1.78. The van der Waals surface area contributed by atoms with Gasteiger partial charge in [-0.15, -0.1) is 0 Å². The molecule has 0 aliphatic carbocycles. The van der Waals surface area contributed by atoms with Gasteiger partial charge in [0.2, 0.25) is 0 Å². The third-order valence-corrected chi connectivity index (χ3v) is 4.31. The molecular formula is C17H22N4O3. The molecule has 1 aromatic heterocycles. The number of aromatic nitrogens is 2. The van der Waals surface area contributed by atoms with E-state index in [4.69, 9.17) is 4.74 Å². The van der Waals surface area contributed by atoms with Gasteiger partial charge in [-0.25, -0.2) is 9.48 Å². The van der Waals surface area contributed by atoms with Gasteiger partial charge >= 0.3 is 6.03 Å². The second kappa shape index (κ2) is 6.92. The van der Waals surface area contributed by atoms with Crippen LogP contribution < -0.4 is 16.2 Å². The highest BCUT2D eigenvalue weighted by atomic mass is 16.5. The minimum absolute atomic E-state index is 0.0635. The monoisotopic (exact) mass is 330 g/mol. The fourth-order valence-electron chi connectivity index (χ4n) is 2.88. The van der Waals surface area contributed by atoms with E-state index in [0.29, 0.717) is 12.2 Å². The number of para-hydroxylation sites is 1. The number of hydrogen-bond acceptors (Lipinski definition) is 3. The molecule has 0 saturated carbocycles. The minimum Gasteiger partial charge on any atom is -0.376 e. The summed E-state index contributed by atoms with van der Waals surface area (Å²) in [7, 11) is 1.79. The van der Waals surface area contributed by atoms with E-state index in [1.165, 1.54) is 4.68 Å². The van der Waals surface area contributed by atoms with E-state index in [2.05, 4.69) is 10.6 Å². The van der Waals surface area contributed by atoms with Gasteiger partial charge in [0, 0.05) is 20.2 Å².